The molecular formula is C20H41N. The Morgan fingerprint density at radius 2 is 1.05 bits per heavy atom. The molecule has 126 valence electrons. The lowest BCUT2D eigenvalue weighted by molar-refractivity contribution is 0.516. The van der Waals surface area contributed by atoms with E-state index in [2.05, 4.69) is 26.0 Å². The van der Waals surface area contributed by atoms with Gasteiger partial charge in [-0.2, -0.15) is 0 Å². The molecule has 0 rings (SSSR count). The number of nitrogens with two attached hydrogens (primary N) is 1. The van der Waals surface area contributed by atoms with Gasteiger partial charge in [-0.05, 0) is 44.6 Å². The lowest BCUT2D eigenvalue weighted by Gasteiger charge is -2.03. The zero-order valence-electron chi connectivity index (χ0n) is 14.9. The molecule has 1 heteroatoms. The Morgan fingerprint density at radius 1 is 0.619 bits per heavy atom. The fourth-order valence-corrected chi connectivity index (χ4v) is 2.69. The average molecular weight is 296 g/mol. The van der Waals surface area contributed by atoms with Gasteiger partial charge >= 0.3 is 0 Å². The monoisotopic (exact) mass is 295 g/mol. The highest BCUT2D eigenvalue weighted by Gasteiger charge is 1.94. The third-order valence-electron chi connectivity index (χ3n) is 4.14. The van der Waals surface area contributed by atoms with Crippen molar-refractivity contribution in [2.75, 3.05) is 6.54 Å². The second-order valence-electron chi connectivity index (χ2n) is 6.91. The fraction of sp³-hybridized carbons (Fsp3) is 0.900. The van der Waals surface area contributed by atoms with Crippen molar-refractivity contribution >= 4 is 0 Å². The van der Waals surface area contributed by atoms with Crippen LogP contribution < -0.4 is 5.73 Å². The predicted molar refractivity (Wildman–Crippen MR) is 97.7 cm³/mol. The zero-order chi connectivity index (χ0) is 15.6. The second kappa shape index (κ2) is 17.8. The van der Waals surface area contributed by atoms with Gasteiger partial charge in [-0.1, -0.05) is 83.8 Å². The summed E-state index contributed by atoms with van der Waals surface area (Å²) in [5.41, 5.74) is 5.49. The van der Waals surface area contributed by atoms with E-state index >= 15 is 0 Å². The average Bonchev–Trinajstić information content (AvgIpc) is 2.46. The number of hydrogen-bond acceptors (Lipinski definition) is 1. The highest BCUT2D eigenvalue weighted by Crippen LogP contribution is 2.12. The highest BCUT2D eigenvalue weighted by atomic mass is 14.5. The van der Waals surface area contributed by atoms with E-state index in [0.717, 1.165) is 12.5 Å². The van der Waals surface area contributed by atoms with Gasteiger partial charge in [-0.25, -0.2) is 0 Å². The molecule has 0 spiro atoms. The summed E-state index contributed by atoms with van der Waals surface area (Å²) < 4.78 is 0. The van der Waals surface area contributed by atoms with E-state index in [1.807, 2.05) is 0 Å². The molecule has 21 heavy (non-hydrogen) atoms. The van der Waals surface area contributed by atoms with E-state index in [4.69, 9.17) is 5.73 Å². The maximum absolute atomic E-state index is 5.49. The van der Waals surface area contributed by atoms with Crippen LogP contribution in [0.4, 0.5) is 0 Å². The molecular weight excluding hydrogens is 254 g/mol. The quantitative estimate of drug-likeness (QED) is 0.251. The Bertz CT molecular complexity index is 208. The van der Waals surface area contributed by atoms with Crippen LogP contribution in [0, 0.1) is 5.92 Å². The van der Waals surface area contributed by atoms with Crippen LogP contribution in [0.2, 0.25) is 0 Å². The maximum Gasteiger partial charge on any atom is -0.00773 e. The van der Waals surface area contributed by atoms with Crippen LogP contribution in [-0.4, -0.2) is 6.54 Å². The van der Waals surface area contributed by atoms with Gasteiger partial charge in [-0.3, -0.25) is 0 Å². The molecule has 0 aromatic carbocycles. The van der Waals surface area contributed by atoms with Crippen molar-refractivity contribution in [2.24, 2.45) is 11.7 Å². The molecule has 0 fully saturated rings. The Morgan fingerprint density at radius 3 is 1.52 bits per heavy atom. The largest absolute Gasteiger partial charge is 0.330 e. The molecule has 0 amide bonds. The number of allylic oxidation sites excluding steroid dienone is 2. The SMILES string of the molecule is CC(C)CCCCCCC/C=C\CCCCCCCCN. The molecule has 0 unspecified atom stereocenters. The van der Waals surface area contributed by atoms with Crippen LogP contribution in [0.25, 0.3) is 0 Å². The summed E-state index contributed by atoms with van der Waals surface area (Å²) in [5.74, 6) is 0.883. The summed E-state index contributed by atoms with van der Waals surface area (Å²) in [6.07, 6.45) is 24.0. The van der Waals surface area contributed by atoms with Gasteiger partial charge in [-0.15, -0.1) is 0 Å². The van der Waals surface area contributed by atoms with Crippen molar-refractivity contribution in [3.05, 3.63) is 12.2 Å². The highest BCUT2D eigenvalue weighted by molar-refractivity contribution is 4.81. The maximum atomic E-state index is 5.49. The van der Waals surface area contributed by atoms with Crippen LogP contribution in [0.3, 0.4) is 0 Å². The minimum atomic E-state index is 0.862. The van der Waals surface area contributed by atoms with Crippen LogP contribution in [0.5, 0.6) is 0 Å². The van der Waals surface area contributed by atoms with Crippen LogP contribution >= 0.6 is 0 Å². The molecule has 0 aromatic heterocycles. The number of hydrogen-bond donors (Lipinski definition) is 1. The number of unbranched alkanes of at least 4 members (excludes halogenated alkanes) is 11. The van der Waals surface area contributed by atoms with Crippen molar-refractivity contribution in [3.8, 4) is 0 Å². The summed E-state index contributed by atoms with van der Waals surface area (Å²) in [5, 5.41) is 0. The molecule has 2 N–H and O–H groups in total. The van der Waals surface area contributed by atoms with Gasteiger partial charge in [0.2, 0.25) is 0 Å². The Labute approximate surface area is 134 Å². The van der Waals surface area contributed by atoms with Gasteiger partial charge in [0.15, 0.2) is 0 Å². The number of rotatable bonds is 16. The second-order valence-corrected chi connectivity index (χ2v) is 6.91. The smallest absolute Gasteiger partial charge is 0.00773 e. The lowest BCUT2D eigenvalue weighted by atomic mass is 10.0. The summed E-state index contributed by atoms with van der Waals surface area (Å²) in [7, 11) is 0. The van der Waals surface area contributed by atoms with Crippen LogP contribution in [-0.2, 0) is 0 Å². The van der Waals surface area contributed by atoms with Crippen molar-refractivity contribution in [2.45, 2.75) is 104 Å². The molecule has 0 saturated carbocycles. The predicted octanol–water partition coefficient (Wildman–Crippen LogP) is 6.62. The molecule has 0 aliphatic carbocycles. The van der Waals surface area contributed by atoms with E-state index in [0.29, 0.717) is 0 Å². The minimum Gasteiger partial charge on any atom is -0.330 e. The minimum absolute atomic E-state index is 0.862. The first-order valence-electron chi connectivity index (χ1n) is 9.62. The molecule has 0 bridgehead atoms. The first-order chi connectivity index (χ1) is 10.3. The van der Waals surface area contributed by atoms with E-state index in [-0.39, 0.29) is 0 Å². The molecule has 0 radical (unpaired) electrons. The Hall–Kier alpha value is -0.300. The van der Waals surface area contributed by atoms with E-state index < -0.39 is 0 Å². The van der Waals surface area contributed by atoms with Gasteiger partial charge in [0.1, 0.15) is 0 Å². The van der Waals surface area contributed by atoms with E-state index in [1.165, 1.54) is 89.9 Å². The molecule has 0 heterocycles. The standard InChI is InChI=1S/C20H41N/c1-20(2)18-16-14-12-10-8-6-4-3-5-7-9-11-13-15-17-19-21/h3-4,20H,5-19,21H2,1-2H3/b4-3-. The zero-order valence-corrected chi connectivity index (χ0v) is 14.9. The Kier molecular flexibility index (Phi) is 17.5. The van der Waals surface area contributed by atoms with Gasteiger partial charge in [0.25, 0.3) is 0 Å². The van der Waals surface area contributed by atoms with Gasteiger partial charge < -0.3 is 5.73 Å². The topological polar surface area (TPSA) is 26.0 Å². The van der Waals surface area contributed by atoms with E-state index in [9.17, 15) is 0 Å². The summed E-state index contributed by atoms with van der Waals surface area (Å²) in [6, 6.07) is 0. The lowest BCUT2D eigenvalue weighted by Crippen LogP contribution is -1.97. The molecule has 0 aliphatic rings. The molecule has 0 aliphatic heterocycles. The fourth-order valence-electron chi connectivity index (χ4n) is 2.69. The molecule has 1 nitrogen and oxygen atoms in total. The first-order valence-corrected chi connectivity index (χ1v) is 9.62. The summed E-state index contributed by atoms with van der Waals surface area (Å²) >= 11 is 0. The van der Waals surface area contributed by atoms with Crippen LogP contribution in [0.15, 0.2) is 12.2 Å². The van der Waals surface area contributed by atoms with E-state index in [1.54, 1.807) is 0 Å². The third kappa shape index (κ3) is 19.7. The van der Waals surface area contributed by atoms with Crippen molar-refractivity contribution in [3.63, 3.8) is 0 Å². The summed E-state index contributed by atoms with van der Waals surface area (Å²) in [4.78, 5) is 0. The van der Waals surface area contributed by atoms with Crippen LogP contribution in [0.1, 0.15) is 104 Å². The summed E-state index contributed by atoms with van der Waals surface area (Å²) in [6.45, 7) is 5.51. The first kappa shape index (κ1) is 20.7. The molecule has 0 aromatic rings. The van der Waals surface area contributed by atoms with Crippen molar-refractivity contribution in [1.29, 1.82) is 0 Å². The molecule has 0 atom stereocenters. The molecule has 0 saturated heterocycles. The third-order valence-corrected chi connectivity index (χ3v) is 4.14. The van der Waals surface area contributed by atoms with Gasteiger partial charge in [0.05, 0.1) is 0 Å². The van der Waals surface area contributed by atoms with Crippen molar-refractivity contribution in [1.82, 2.24) is 0 Å². The van der Waals surface area contributed by atoms with Crippen molar-refractivity contribution < 1.29 is 0 Å². The van der Waals surface area contributed by atoms with Gasteiger partial charge in [0, 0.05) is 0 Å². The normalized spacial score (nSPS) is 11.8. The Balaban J connectivity index is 3.05.